The highest BCUT2D eigenvalue weighted by molar-refractivity contribution is 9.10. The molecule has 0 fully saturated rings. The van der Waals surface area contributed by atoms with Crippen LogP contribution in [0.15, 0.2) is 61.9 Å². The van der Waals surface area contributed by atoms with Gasteiger partial charge in [0.1, 0.15) is 5.75 Å². The molecule has 1 aliphatic heterocycles. The van der Waals surface area contributed by atoms with E-state index in [0.29, 0.717) is 36.4 Å². The predicted molar refractivity (Wildman–Crippen MR) is 141 cm³/mol. The van der Waals surface area contributed by atoms with Crippen molar-refractivity contribution in [2.24, 2.45) is 4.99 Å². The topological polar surface area (TPSA) is 88.4 Å². The Bertz CT molecular complexity index is 1600. The van der Waals surface area contributed by atoms with Crippen LogP contribution in [0.5, 0.6) is 17.2 Å². The van der Waals surface area contributed by atoms with E-state index in [1.165, 1.54) is 37.0 Å². The third-order valence-electron chi connectivity index (χ3n) is 5.71. The summed E-state index contributed by atoms with van der Waals surface area (Å²) < 4.78 is 48.1. The van der Waals surface area contributed by atoms with Crippen LogP contribution >= 0.6 is 27.3 Å². The van der Waals surface area contributed by atoms with Crippen LogP contribution in [0.2, 0.25) is 0 Å². The molecule has 8 nitrogen and oxygen atoms in total. The lowest BCUT2D eigenvalue weighted by atomic mass is 9.96. The molecule has 0 radical (unpaired) electrons. The molecule has 0 unspecified atom stereocenters. The van der Waals surface area contributed by atoms with Crippen molar-refractivity contribution in [2.45, 2.75) is 26.5 Å². The lowest BCUT2D eigenvalue weighted by Crippen LogP contribution is -2.39. The minimum absolute atomic E-state index is 0.0910. The molecule has 0 bridgehead atoms. The van der Waals surface area contributed by atoms with Crippen molar-refractivity contribution in [1.82, 2.24) is 4.57 Å². The molecule has 0 spiro atoms. The zero-order chi connectivity index (χ0) is 27.6. The van der Waals surface area contributed by atoms with Gasteiger partial charge in [0.15, 0.2) is 16.3 Å². The number of hydrogen-bond donors (Lipinski definition) is 0. The Balaban J connectivity index is 1.90. The molecule has 0 saturated heterocycles. The van der Waals surface area contributed by atoms with Crippen molar-refractivity contribution in [3.05, 3.63) is 83.0 Å². The number of thiazole rings is 1. The van der Waals surface area contributed by atoms with Crippen LogP contribution in [0.25, 0.3) is 6.08 Å². The molecule has 2 aromatic carbocycles. The van der Waals surface area contributed by atoms with Crippen molar-refractivity contribution < 1.29 is 32.5 Å². The molecule has 1 atom stereocenters. The average molecular weight is 609 g/mol. The smallest absolute Gasteiger partial charge is 0.387 e. The number of ether oxygens (including phenoxy) is 4. The summed E-state index contributed by atoms with van der Waals surface area (Å²) in [6.45, 7) is 0.551. The molecule has 12 heteroatoms. The number of nitrogens with zero attached hydrogens (tertiary/aromatic N) is 2. The summed E-state index contributed by atoms with van der Waals surface area (Å²) in [7, 11) is 2.87. The minimum Gasteiger partial charge on any atom is -0.496 e. The third-order valence-corrected chi connectivity index (χ3v) is 7.31. The lowest BCUT2D eigenvalue weighted by Gasteiger charge is -2.25. The first kappa shape index (κ1) is 27.5. The van der Waals surface area contributed by atoms with Gasteiger partial charge in [0, 0.05) is 0 Å². The number of fused-ring (bicyclic) bond motifs is 1. The number of benzene rings is 2. The fraction of sp³-hybridized carbons (Fsp3) is 0.269. The minimum atomic E-state index is -3.01. The molecule has 200 valence electrons. The summed E-state index contributed by atoms with van der Waals surface area (Å²) in [5.41, 5.74) is 1.48. The second-order valence-corrected chi connectivity index (χ2v) is 9.85. The number of carbonyl (C=O) groups excluding carboxylic acids is 1. The summed E-state index contributed by atoms with van der Waals surface area (Å²) in [4.78, 5) is 31.7. The first-order chi connectivity index (χ1) is 18.2. The van der Waals surface area contributed by atoms with Crippen LogP contribution in [0.3, 0.4) is 0 Å². The third kappa shape index (κ3) is 5.37. The number of carbonyl (C=O) groups is 1. The highest BCUT2D eigenvalue weighted by Gasteiger charge is 2.33. The zero-order valence-electron chi connectivity index (χ0n) is 20.8. The highest BCUT2D eigenvalue weighted by atomic mass is 79.9. The van der Waals surface area contributed by atoms with E-state index in [9.17, 15) is 18.4 Å². The first-order valence-electron chi connectivity index (χ1n) is 11.3. The molecule has 38 heavy (non-hydrogen) atoms. The molecule has 3 aromatic rings. The number of esters is 1. The van der Waals surface area contributed by atoms with Gasteiger partial charge >= 0.3 is 12.6 Å². The second-order valence-electron chi connectivity index (χ2n) is 7.99. The van der Waals surface area contributed by atoms with Gasteiger partial charge in [-0.2, -0.15) is 8.78 Å². The van der Waals surface area contributed by atoms with E-state index in [-0.39, 0.29) is 29.2 Å². The number of rotatable bonds is 8. The Morgan fingerprint density at radius 2 is 1.87 bits per heavy atom. The first-order valence-corrected chi connectivity index (χ1v) is 12.9. The van der Waals surface area contributed by atoms with Crippen LogP contribution in [-0.2, 0) is 9.53 Å². The van der Waals surface area contributed by atoms with E-state index >= 15 is 0 Å². The van der Waals surface area contributed by atoms with E-state index < -0.39 is 18.6 Å². The number of halogens is 3. The van der Waals surface area contributed by atoms with Crippen molar-refractivity contribution in [3.63, 3.8) is 0 Å². The molecular formula is C26H23BrF2N2O6S. The Kier molecular flexibility index (Phi) is 8.32. The summed E-state index contributed by atoms with van der Waals surface area (Å²) in [5, 5.41) is 0. The Hall–Kier alpha value is -3.51. The maximum Gasteiger partial charge on any atom is 0.387 e. The maximum atomic E-state index is 13.7. The number of methoxy groups -OCH3 is 2. The maximum absolute atomic E-state index is 13.7. The van der Waals surface area contributed by atoms with Crippen LogP contribution in [0.1, 0.15) is 31.0 Å². The SMILES string of the molecule is CCOC(=O)C1=C(C)N=c2s/c(=C/c3ccc(OC(F)F)c(OC)c3)c(=O)n2[C@@H]1c1ccc(OC)c(Br)c1. The van der Waals surface area contributed by atoms with E-state index in [4.69, 9.17) is 14.2 Å². The van der Waals surface area contributed by atoms with Crippen molar-refractivity contribution in [1.29, 1.82) is 0 Å². The van der Waals surface area contributed by atoms with Crippen LogP contribution in [0, 0.1) is 0 Å². The normalized spacial score (nSPS) is 15.3. The second kappa shape index (κ2) is 11.5. The molecule has 0 saturated carbocycles. The fourth-order valence-corrected chi connectivity index (χ4v) is 5.68. The predicted octanol–water partition coefficient (Wildman–Crippen LogP) is 4.18. The molecule has 2 heterocycles. The lowest BCUT2D eigenvalue weighted by molar-refractivity contribution is -0.139. The fourth-order valence-electron chi connectivity index (χ4n) is 4.08. The van der Waals surface area contributed by atoms with Crippen molar-refractivity contribution in [3.8, 4) is 17.2 Å². The number of hydrogen-bond acceptors (Lipinski definition) is 8. The number of alkyl halides is 2. The van der Waals surface area contributed by atoms with Gasteiger partial charge in [0.25, 0.3) is 5.56 Å². The largest absolute Gasteiger partial charge is 0.496 e. The molecule has 4 rings (SSSR count). The van der Waals surface area contributed by atoms with Crippen molar-refractivity contribution >= 4 is 39.3 Å². The van der Waals surface area contributed by atoms with Gasteiger partial charge in [0.2, 0.25) is 0 Å². The molecule has 0 amide bonds. The van der Waals surface area contributed by atoms with Gasteiger partial charge < -0.3 is 18.9 Å². The van der Waals surface area contributed by atoms with Crippen LogP contribution in [-0.4, -0.2) is 38.0 Å². The number of allylic oxidation sites excluding steroid dienone is 1. The van der Waals surface area contributed by atoms with Gasteiger partial charge in [0.05, 0.1) is 47.1 Å². The van der Waals surface area contributed by atoms with Gasteiger partial charge in [-0.1, -0.05) is 23.5 Å². The summed E-state index contributed by atoms with van der Waals surface area (Å²) in [6, 6.07) is 8.86. The van der Waals surface area contributed by atoms with Gasteiger partial charge in [-0.3, -0.25) is 9.36 Å². The summed E-state index contributed by atoms with van der Waals surface area (Å²) in [6.07, 6.45) is 1.60. The quantitative estimate of drug-likeness (QED) is 0.357. The highest BCUT2D eigenvalue weighted by Crippen LogP contribution is 2.35. The van der Waals surface area contributed by atoms with E-state index in [1.54, 1.807) is 38.1 Å². The zero-order valence-corrected chi connectivity index (χ0v) is 23.2. The standard InChI is InChI=1S/C26H23BrF2N2O6S/c1-5-36-24(33)21-13(2)30-26-31(22(21)15-7-9-17(34-3)16(27)12-15)23(32)20(38-26)11-14-6-8-18(37-25(28)29)19(10-14)35-4/h6-12,22,25H,5H2,1-4H3/b20-11+/t22-/m1/s1. The molecule has 1 aliphatic rings. The monoisotopic (exact) mass is 608 g/mol. The molecule has 0 N–H and O–H groups in total. The molecular weight excluding hydrogens is 586 g/mol. The van der Waals surface area contributed by atoms with Crippen LogP contribution in [0.4, 0.5) is 8.78 Å². The van der Waals surface area contributed by atoms with Crippen molar-refractivity contribution in [2.75, 3.05) is 20.8 Å². The van der Waals surface area contributed by atoms with Gasteiger partial charge in [-0.25, -0.2) is 9.79 Å². The van der Waals surface area contributed by atoms with Gasteiger partial charge in [-0.05, 0) is 71.2 Å². The summed E-state index contributed by atoms with van der Waals surface area (Å²) in [5.74, 6) is -0.0128. The number of aromatic nitrogens is 1. The Morgan fingerprint density at radius 3 is 2.50 bits per heavy atom. The van der Waals surface area contributed by atoms with E-state index in [1.807, 2.05) is 0 Å². The van der Waals surface area contributed by atoms with Crippen LogP contribution < -0.4 is 29.1 Å². The van der Waals surface area contributed by atoms with E-state index in [0.717, 1.165) is 11.3 Å². The Morgan fingerprint density at radius 1 is 1.16 bits per heavy atom. The Labute approximate surface area is 228 Å². The average Bonchev–Trinajstić information content (AvgIpc) is 3.17. The molecule has 1 aromatic heterocycles. The van der Waals surface area contributed by atoms with E-state index in [2.05, 4.69) is 25.7 Å². The van der Waals surface area contributed by atoms with Gasteiger partial charge in [-0.15, -0.1) is 0 Å². The summed E-state index contributed by atoms with van der Waals surface area (Å²) >= 11 is 4.62. The molecule has 0 aliphatic carbocycles.